The summed E-state index contributed by atoms with van der Waals surface area (Å²) in [5.41, 5.74) is 1.36. The monoisotopic (exact) mass is 533 g/mol. The Morgan fingerprint density at radius 1 is 1.13 bits per heavy atom. The molecule has 1 aromatic heterocycles. The van der Waals surface area contributed by atoms with Crippen molar-refractivity contribution in [2.24, 2.45) is 5.10 Å². The van der Waals surface area contributed by atoms with E-state index in [4.69, 9.17) is 9.72 Å². The number of hydrogen-bond acceptors (Lipinski definition) is 4. The average Bonchev–Trinajstić information content (AvgIpc) is 2.74. The zero-order valence-electron chi connectivity index (χ0n) is 17.5. The van der Waals surface area contributed by atoms with Crippen molar-refractivity contribution in [3.63, 3.8) is 0 Å². The van der Waals surface area contributed by atoms with Gasteiger partial charge in [0.1, 0.15) is 11.6 Å². The molecule has 2 aromatic carbocycles. The van der Waals surface area contributed by atoms with Crippen molar-refractivity contribution in [3.8, 4) is 5.75 Å². The normalized spacial score (nSPS) is 13.7. The number of hydrogen-bond donors (Lipinski definition) is 0. The molecule has 0 aliphatic carbocycles. The van der Waals surface area contributed by atoms with Crippen LogP contribution in [-0.2, 0) is 0 Å². The van der Waals surface area contributed by atoms with Crippen LogP contribution in [0.15, 0.2) is 55.2 Å². The first-order valence-electron chi connectivity index (χ1n) is 10.1. The van der Waals surface area contributed by atoms with Crippen LogP contribution in [0.4, 0.5) is 0 Å². The number of rotatable bonds is 7. The zero-order chi connectivity index (χ0) is 21.8. The van der Waals surface area contributed by atoms with Crippen molar-refractivity contribution >= 4 is 49.0 Å². The van der Waals surface area contributed by atoms with Crippen LogP contribution in [0.5, 0.6) is 5.75 Å². The van der Waals surface area contributed by atoms with Gasteiger partial charge in [-0.15, -0.1) is 0 Å². The van der Waals surface area contributed by atoms with E-state index in [2.05, 4.69) is 57.7 Å². The van der Waals surface area contributed by atoms with E-state index in [1.807, 2.05) is 37.3 Å². The topological polar surface area (TPSA) is 56.5 Å². The summed E-state index contributed by atoms with van der Waals surface area (Å²) < 4.78 is 9.00. The minimum Gasteiger partial charge on any atom is -0.490 e. The Morgan fingerprint density at radius 2 is 1.90 bits per heavy atom. The SMILES string of the molecule is CC[C@@H](C)Oc1ccc(C=Nn2c([C@H](C)CC)nc3ccc(Br)cc3c2=O)cc1Br. The predicted molar refractivity (Wildman–Crippen MR) is 130 cm³/mol. The maximum absolute atomic E-state index is 13.2. The summed E-state index contributed by atoms with van der Waals surface area (Å²) in [7, 11) is 0. The van der Waals surface area contributed by atoms with Gasteiger partial charge in [0.25, 0.3) is 5.56 Å². The third-order valence-corrected chi connectivity index (χ3v) is 6.18. The van der Waals surface area contributed by atoms with E-state index in [-0.39, 0.29) is 17.6 Å². The molecule has 0 N–H and O–H groups in total. The molecule has 3 aromatic rings. The quantitative estimate of drug-likeness (QED) is 0.325. The van der Waals surface area contributed by atoms with Crippen molar-refractivity contribution in [2.75, 3.05) is 0 Å². The van der Waals surface area contributed by atoms with Crippen molar-refractivity contribution in [1.29, 1.82) is 0 Å². The molecule has 0 aliphatic heterocycles. The molecule has 0 fully saturated rings. The van der Waals surface area contributed by atoms with E-state index in [0.29, 0.717) is 16.7 Å². The maximum atomic E-state index is 13.2. The Morgan fingerprint density at radius 3 is 2.57 bits per heavy atom. The van der Waals surface area contributed by atoms with Crippen LogP contribution in [-0.4, -0.2) is 22.0 Å². The van der Waals surface area contributed by atoms with Gasteiger partial charge in [-0.3, -0.25) is 4.79 Å². The molecule has 0 bridgehead atoms. The summed E-state index contributed by atoms with van der Waals surface area (Å²) in [4.78, 5) is 17.9. The lowest BCUT2D eigenvalue weighted by atomic mass is 10.1. The molecule has 3 rings (SSSR count). The highest BCUT2D eigenvalue weighted by atomic mass is 79.9. The second-order valence-corrected chi connectivity index (χ2v) is 9.10. The van der Waals surface area contributed by atoms with Gasteiger partial charge >= 0.3 is 0 Å². The van der Waals surface area contributed by atoms with Crippen LogP contribution in [0.1, 0.15) is 57.8 Å². The van der Waals surface area contributed by atoms with Crippen molar-refractivity contribution in [3.05, 3.63) is 67.1 Å². The largest absolute Gasteiger partial charge is 0.490 e. The molecular weight excluding hydrogens is 510 g/mol. The fourth-order valence-corrected chi connectivity index (χ4v) is 3.75. The third kappa shape index (κ3) is 5.01. The summed E-state index contributed by atoms with van der Waals surface area (Å²) in [6.45, 7) is 8.25. The number of halogens is 2. The number of aromatic nitrogens is 2. The minimum absolute atomic E-state index is 0.0981. The highest BCUT2D eigenvalue weighted by Gasteiger charge is 2.15. The fraction of sp³-hybridized carbons (Fsp3) is 0.348. The molecule has 30 heavy (non-hydrogen) atoms. The van der Waals surface area contributed by atoms with E-state index >= 15 is 0 Å². The molecule has 0 amide bonds. The molecule has 0 saturated heterocycles. The predicted octanol–water partition coefficient (Wildman–Crippen LogP) is 6.49. The van der Waals surface area contributed by atoms with E-state index < -0.39 is 0 Å². The van der Waals surface area contributed by atoms with Crippen LogP contribution in [0, 0.1) is 0 Å². The molecule has 2 atom stereocenters. The summed E-state index contributed by atoms with van der Waals surface area (Å²) >= 11 is 7.00. The lowest BCUT2D eigenvalue weighted by molar-refractivity contribution is 0.216. The Balaban J connectivity index is 2.04. The summed E-state index contributed by atoms with van der Waals surface area (Å²) in [6.07, 6.45) is 3.61. The van der Waals surface area contributed by atoms with Crippen LogP contribution < -0.4 is 10.3 Å². The maximum Gasteiger partial charge on any atom is 0.282 e. The van der Waals surface area contributed by atoms with Gasteiger partial charge in [0.15, 0.2) is 0 Å². The Bertz CT molecular complexity index is 1140. The highest BCUT2D eigenvalue weighted by Crippen LogP contribution is 2.27. The lowest BCUT2D eigenvalue weighted by Crippen LogP contribution is -2.23. The molecular formula is C23H25Br2N3O2. The first-order chi connectivity index (χ1) is 14.3. The number of nitrogens with zero attached hydrogens (tertiary/aromatic N) is 3. The summed E-state index contributed by atoms with van der Waals surface area (Å²) in [5, 5.41) is 5.05. The van der Waals surface area contributed by atoms with E-state index in [9.17, 15) is 4.79 Å². The number of benzene rings is 2. The second kappa shape index (κ2) is 9.88. The van der Waals surface area contributed by atoms with Crippen LogP contribution >= 0.6 is 31.9 Å². The molecule has 0 spiro atoms. The van der Waals surface area contributed by atoms with Gasteiger partial charge in [-0.05, 0) is 77.7 Å². The van der Waals surface area contributed by atoms with E-state index in [1.54, 1.807) is 12.3 Å². The van der Waals surface area contributed by atoms with Crippen LogP contribution in [0.2, 0.25) is 0 Å². The van der Waals surface area contributed by atoms with Gasteiger partial charge in [-0.1, -0.05) is 36.7 Å². The molecule has 1 heterocycles. The van der Waals surface area contributed by atoms with Gasteiger partial charge in [-0.25, -0.2) is 4.98 Å². The molecule has 5 nitrogen and oxygen atoms in total. The Labute approximate surface area is 193 Å². The van der Waals surface area contributed by atoms with Gasteiger partial charge in [0, 0.05) is 10.4 Å². The summed E-state index contributed by atoms with van der Waals surface area (Å²) in [6, 6.07) is 11.3. The first-order valence-corrected chi connectivity index (χ1v) is 11.6. The lowest BCUT2D eigenvalue weighted by Gasteiger charge is -2.15. The smallest absolute Gasteiger partial charge is 0.282 e. The second-order valence-electron chi connectivity index (χ2n) is 7.33. The van der Waals surface area contributed by atoms with E-state index in [0.717, 1.165) is 33.1 Å². The van der Waals surface area contributed by atoms with Gasteiger partial charge < -0.3 is 4.74 Å². The molecule has 0 aliphatic rings. The Kier molecular flexibility index (Phi) is 7.47. The highest BCUT2D eigenvalue weighted by molar-refractivity contribution is 9.10. The first kappa shape index (κ1) is 22.7. The van der Waals surface area contributed by atoms with Crippen LogP contribution in [0.25, 0.3) is 10.9 Å². The van der Waals surface area contributed by atoms with Crippen molar-refractivity contribution in [1.82, 2.24) is 9.66 Å². The van der Waals surface area contributed by atoms with Crippen LogP contribution in [0.3, 0.4) is 0 Å². The van der Waals surface area contributed by atoms with Gasteiger partial charge in [-0.2, -0.15) is 9.78 Å². The molecule has 158 valence electrons. The molecule has 0 radical (unpaired) electrons. The van der Waals surface area contributed by atoms with Gasteiger partial charge in [0.2, 0.25) is 0 Å². The average molecular weight is 535 g/mol. The fourth-order valence-electron chi connectivity index (χ4n) is 2.90. The molecule has 0 unspecified atom stereocenters. The number of ether oxygens (including phenoxy) is 1. The summed E-state index contributed by atoms with van der Waals surface area (Å²) in [5.74, 6) is 1.54. The van der Waals surface area contributed by atoms with Crippen molar-refractivity contribution in [2.45, 2.75) is 52.6 Å². The molecule has 7 heteroatoms. The minimum atomic E-state index is -0.177. The van der Waals surface area contributed by atoms with Gasteiger partial charge in [0.05, 0.1) is 27.7 Å². The Hall–Kier alpha value is -1.99. The third-order valence-electron chi connectivity index (χ3n) is 5.07. The zero-order valence-corrected chi connectivity index (χ0v) is 20.7. The van der Waals surface area contributed by atoms with E-state index in [1.165, 1.54) is 4.68 Å². The van der Waals surface area contributed by atoms with Crippen molar-refractivity contribution < 1.29 is 4.74 Å². The molecule has 0 saturated carbocycles. The number of fused-ring (bicyclic) bond motifs is 1. The standard InChI is InChI=1S/C23H25Br2N3O2/c1-5-14(3)22-27-20-9-8-17(24)12-18(20)23(29)28(22)26-13-16-7-10-21(19(25)11-16)30-15(4)6-2/h7-15H,5-6H2,1-4H3/t14-,15-/m1/s1.